The lowest BCUT2D eigenvalue weighted by atomic mass is 9.95. The second-order valence-corrected chi connectivity index (χ2v) is 6.31. The molecule has 0 aliphatic rings. The minimum atomic E-state index is -0.856. The highest BCUT2D eigenvalue weighted by atomic mass is 16.3. The summed E-state index contributed by atoms with van der Waals surface area (Å²) >= 11 is 0. The van der Waals surface area contributed by atoms with Gasteiger partial charge in [0.2, 0.25) is 0 Å². The van der Waals surface area contributed by atoms with Crippen molar-refractivity contribution in [3.8, 4) is 0 Å². The Morgan fingerprint density at radius 2 is 2.19 bits per heavy atom. The van der Waals surface area contributed by atoms with Gasteiger partial charge < -0.3 is 15.7 Å². The number of aromatic nitrogens is 2. The third-order valence-electron chi connectivity index (χ3n) is 3.35. The maximum Gasteiger partial charge on any atom is 0.314 e. The van der Waals surface area contributed by atoms with Crippen LogP contribution in [0.25, 0.3) is 0 Å². The molecule has 0 aliphatic carbocycles. The Morgan fingerprint density at radius 1 is 1.48 bits per heavy atom. The molecule has 0 radical (unpaired) electrons. The summed E-state index contributed by atoms with van der Waals surface area (Å²) in [5.41, 5.74) is 0.229. The highest BCUT2D eigenvalue weighted by Gasteiger charge is 2.21. The van der Waals surface area contributed by atoms with Gasteiger partial charge in [0.15, 0.2) is 0 Å². The van der Waals surface area contributed by atoms with Crippen LogP contribution in [0.3, 0.4) is 0 Å². The molecule has 2 amide bonds. The van der Waals surface area contributed by atoms with Crippen LogP contribution in [0.1, 0.15) is 39.2 Å². The van der Waals surface area contributed by atoms with E-state index in [1.54, 1.807) is 17.8 Å². The number of rotatable bonds is 8. The van der Waals surface area contributed by atoms with Gasteiger partial charge in [-0.2, -0.15) is 5.10 Å². The molecular formula is C15H28N4O2. The van der Waals surface area contributed by atoms with E-state index in [1.165, 1.54) is 0 Å². The molecule has 0 spiro atoms. The third kappa shape index (κ3) is 7.70. The number of amides is 2. The number of hydrogen-bond donors (Lipinski definition) is 3. The second-order valence-electron chi connectivity index (χ2n) is 6.31. The topological polar surface area (TPSA) is 79.2 Å². The third-order valence-corrected chi connectivity index (χ3v) is 3.35. The van der Waals surface area contributed by atoms with Crippen LogP contribution < -0.4 is 10.6 Å². The van der Waals surface area contributed by atoms with E-state index in [0.29, 0.717) is 18.9 Å². The zero-order chi connectivity index (χ0) is 15.9. The van der Waals surface area contributed by atoms with Crippen molar-refractivity contribution in [2.24, 2.45) is 13.0 Å². The van der Waals surface area contributed by atoms with Gasteiger partial charge in [0, 0.05) is 26.3 Å². The molecule has 1 rings (SSSR count). The molecule has 3 N–H and O–H groups in total. The lowest BCUT2D eigenvalue weighted by molar-refractivity contribution is 0.0477. The van der Waals surface area contributed by atoms with E-state index in [0.717, 1.165) is 18.4 Å². The molecule has 1 atom stereocenters. The Kier molecular flexibility index (Phi) is 6.68. The van der Waals surface area contributed by atoms with E-state index in [2.05, 4.69) is 29.6 Å². The highest BCUT2D eigenvalue weighted by Crippen LogP contribution is 2.15. The van der Waals surface area contributed by atoms with Crippen LogP contribution in [-0.2, 0) is 13.5 Å². The van der Waals surface area contributed by atoms with Crippen LogP contribution in [0.2, 0.25) is 0 Å². The quantitative estimate of drug-likeness (QED) is 0.679. The summed E-state index contributed by atoms with van der Waals surface area (Å²) in [7, 11) is 1.86. The summed E-state index contributed by atoms with van der Waals surface area (Å²) in [6.45, 7) is 6.80. The Labute approximate surface area is 126 Å². The average Bonchev–Trinajstić information content (AvgIpc) is 2.80. The van der Waals surface area contributed by atoms with Gasteiger partial charge >= 0.3 is 6.03 Å². The van der Waals surface area contributed by atoms with Crippen LogP contribution in [0.5, 0.6) is 0 Å². The SMILES string of the molecule is CC(C)CCC(C)(O)CNC(=O)NCCc1cnn(C)c1. The molecule has 0 saturated heterocycles. The summed E-state index contributed by atoms with van der Waals surface area (Å²) < 4.78 is 1.74. The highest BCUT2D eigenvalue weighted by molar-refractivity contribution is 5.73. The molecule has 0 bridgehead atoms. The van der Waals surface area contributed by atoms with Crippen LogP contribution in [-0.4, -0.2) is 39.6 Å². The maximum atomic E-state index is 11.7. The van der Waals surface area contributed by atoms with Crippen LogP contribution in [0.4, 0.5) is 4.79 Å². The van der Waals surface area contributed by atoms with E-state index in [4.69, 9.17) is 0 Å². The zero-order valence-corrected chi connectivity index (χ0v) is 13.5. The molecule has 1 heterocycles. The van der Waals surface area contributed by atoms with Crippen LogP contribution in [0.15, 0.2) is 12.4 Å². The molecule has 0 fully saturated rings. The Bertz CT molecular complexity index is 441. The average molecular weight is 296 g/mol. The van der Waals surface area contributed by atoms with E-state index >= 15 is 0 Å². The van der Waals surface area contributed by atoms with Crippen molar-refractivity contribution in [1.82, 2.24) is 20.4 Å². The van der Waals surface area contributed by atoms with E-state index < -0.39 is 5.60 Å². The van der Waals surface area contributed by atoms with Crippen molar-refractivity contribution in [1.29, 1.82) is 0 Å². The van der Waals surface area contributed by atoms with E-state index in [1.807, 2.05) is 13.2 Å². The first-order chi connectivity index (χ1) is 9.78. The molecule has 0 aromatic carbocycles. The summed E-state index contributed by atoms with van der Waals surface area (Å²) in [6, 6.07) is -0.247. The fourth-order valence-electron chi connectivity index (χ4n) is 1.94. The first kappa shape index (κ1) is 17.5. The smallest absolute Gasteiger partial charge is 0.314 e. The van der Waals surface area contributed by atoms with Gasteiger partial charge in [-0.1, -0.05) is 13.8 Å². The molecule has 1 unspecified atom stereocenters. The lowest BCUT2D eigenvalue weighted by Gasteiger charge is -2.24. The summed E-state index contributed by atoms with van der Waals surface area (Å²) in [4.78, 5) is 11.7. The molecule has 6 nitrogen and oxygen atoms in total. The first-order valence-corrected chi connectivity index (χ1v) is 7.50. The number of carbonyl (C=O) groups is 1. The molecule has 1 aromatic heterocycles. The maximum absolute atomic E-state index is 11.7. The Balaban J connectivity index is 2.18. The van der Waals surface area contributed by atoms with Crippen molar-refractivity contribution in [2.45, 2.75) is 45.6 Å². The predicted octanol–water partition coefficient (Wildman–Crippen LogP) is 1.45. The second kappa shape index (κ2) is 8.02. The summed E-state index contributed by atoms with van der Waals surface area (Å²) in [5.74, 6) is 0.546. The van der Waals surface area contributed by atoms with Crippen molar-refractivity contribution < 1.29 is 9.90 Å². The Morgan fingerprint density at radius 3 is 2.76 bits per heavy atom. The molecular weight excluding hydrogens is 268 g/mol. The number of nitrogens with one attached hydrogen (secondary N) is 2. The fraction of sp³-hybridized carbons (Fsp3) is 0.733. The van der Waals surface area contributed by atoms with E-state index in [9.17, 15) is 9.90 Å². The van der Waals surface area contributed by atoms with E-state index in [-0.39, 0.29) is 12.6 Å². The minimum absolute atomic E-state index is 0.247. The molecule has 21 heavy (non-hydrogen) atoms. The number of urea groups is 1. The van der Waals surface area contributed by atoms with Crippen molar-refractivity contribution in [2.75, 3.05) is 13.1 Å². The van der Waals surface area contributed by atoms with Crippen molar-refractivity contribution >= 4 is 6.03 Å². The minimum Gasteiger partial charge on any atom is -0.388 e. The summed E-state index contributed by atoms with van der Waals surface area (Å²) in [6.07, 6.45) is 6.08. The molecule has 0 aliphatic heterocycles. The zero-order valence-electron chi connectivity index (χ0n) is 13.5. The lowest BCUT2D eigenvalue weighted by Crippen LogP contribution is -2.45. The van der Waals surface area contributed by atoms with Gasteiger partial charge in [-0.05, 0) is 37.7 Å². The summed E-state index contributed by atoms with van der Waals surface area (Å²) in [5, 5.41) is 19.7. The van der Waals surface area contributed by atoms with Gasteiger partial charge in [0.1, 0.15) is 0 Å². The Hall–Kier alpha value is -1.56. The van der Waals surface area contributed by atoms with Crippen molar-refractivity contribution in [3.63, 3.8) is 0 Å². The first-order valence-electron chi connectivity index (χ1n) is 7.50. The van der Waals surface area contributed by atoms with Gasteiger partial charge in [-0.25, -0.2) is 4.79 Å². The number of hydrogen-bond acceptors (Lipinski definition) is 3. The molecule has 6 heteroatoms. The number of aliphatic hydroxyl groups is 1. The van der Waals surface area contributed by atoms with Crippen LogP contribution >= 0.6 is 0 Å². The largest absolute Gasteiger partial charge is 0.388 e. The fourth-order valence-corrected chi connectivity index (χ4v) is 1.94. The number of aryl methyl sites for hydroxylation is 1. The van der Waals surface area contributed by atoms with Gasteiger partial charge in [-0.15, -0.1) is 0 Å². The van der Waals surface area contributed by atoms with Gasteiger partial charge in [-0.3, -0.25) is 4.68 Å². The normalized spacial score (nSPS) is 14.0. The van der Waals surface area contributed by atoms with Crippen LogP contribution in [0, 0.1) is 5.92 Å². The number of nitrogens with zero attached hydrogens (tertiary/aromatic N) is 2. The molecule has 120 valence electrons. The predicted molar refractivity (Wildman–Crippen MR) is 83.0 cm³/mol. The number of carbonyl (C=O) groups excluding carboxylic acids is 1. The monoisotopic (exact) mass is 296 g/mol. The van der Waals surface area contributed by atoms with Gasteiger partial charge in [0.25, 0.3) is 0 Å². The molecule has 1 aromatic rings. The standard InChI is InChI=1S/C15H28N4O2/c1-12(2)5-7-15(3,21)11-17-14(20)16-8-6-13-9-18-19(4)10-13/h9-10,12,21H,5-8,11H2,1-4H3,(H2,16,17,20). The van der Waals surface area contributed by atoms with Gasteiger partial charge in [0.05, 0.1) is 11.8 Å². The van der Waals surface area contributed by atoms with Crippen molar-refractivity contribution in [3.05, 3.63) is 18.0 Å². The molecule has 0 saturated carbocycles.